The minimum Gasteiger partial charge on any atom is -0.381 e. The first-order chi connectivity index (χ1) is 13.3. The third kappa shape index (κ3) is 3.85. The van der Waals surface area contributed by atoms with E-state index in [0.717, 1.165) is 37.1 Å². The Kier molecular flexibility index (Phi) is 5.16. The van der Waals surface area contributed by atoms with Gasteiger partial charge in [-0.3, -0.25) is 4.79 Å². The molecule has 3 aromatic rings. The lowest BCUT2D eigenvalue weighted by atomic mass is 9.74. The fraction of sp³-hybridized carbons (Fsp3) is 0.381. The monoisotopic (exact) mass is 364 g/mol. The first kappa shape index (κ1) is 17.7. The van der Waals surface area contributed by atoms with Crippen LogP contribution >= 0.6 is 0 Å². The van der Waals surface area contributed by atoms with Gasteiger partial charge in [-0.25, -0.2) is 4.68 Å². The zero-order valence-corrected chi connectivity index (χ0v) is 15.3. The molecular formula is C21H24N4O2. The smallest absolute Gasteiger partial charge is 0.221 e. The first-order valence-corrected chi connectivity index (χ1v) is 9.45. The summed E-state index contributed by atoms with van der Waals surface area (Å²) in [5.74, 6) is 0.0383. The van der Waals surface area contributed by atoms with Gasteiger partial charge in [0.25, 0.3) is 0 Å². The topological polar surface area (TPSA) is 69.0 Å². The van der Waals surface area contributed by atoms with Crippen LogP contribution < -0.4 is 5.32 Å². The van der Waals surface area contributed by atoms with Crippen LogP contribution in [0.4, 0.5) is 0 Å². The number of carbonyl (C=O) groups excluding carboxylic acids is 1. The van der Waals surface area contributed by atoms with Gasteiger partial charge in [0.2, 0.25) is 5.91 Å². The second-order valence-corrected chi connectivity index (χ2v) is 7.09. The number of nitrogens with one attached hydrogen (secondary N) is 1. The van der Waals surface area contributed by atoms with Crippen LogP contribution in [0, 0.1) is 0 Å². The van der Waals surface area contributed by atoms with E-state index >= 15 is 0 Å². The molecule has 6 nitrogen and oxygen atoms in total. The molecule has 2 aromatic carbocycles. The van der Waals surface area contributed by atoms with E-state index in [1.807, 2.05) is 30.3 Å². The lowest BCUT2D eigenvalue weighted by Crippen LogP contribution is -2.44. The van der Waals surface area contributed by atoms with E-state index < -0.39 is 0 Å². The highest BCUT2D eigenvalue weighted by atomic mass is 16.5. The van der Waals surface area contributed by atoms with E-state index in [-0.39, 0.29) is 11.3 Å². The van der Waals surface area contributed by atoms with E-state index in [0.29, 0.717) is 19.5 Å². The van der Waals surface area contributed by atoms with Crippen molar-refractivity contribution in [2.75, 3.05) is 19.8 Å². The Bertz CT molecular complexity index is 901. The maximum Gasteiger partial charge on any atom is 0.221 e. The number of aromatic nitrogens is 3. The van der Waals surface area contributed by atoms with Crippen molar-refractivity contribution in [1.29, 1.82) is 0 Å². The Morgan fingerprint density at radius 1 is 1.07 bits per heavy atom. The quantitative estimate of drug-likeness (QED) is 0.730. The van der Waals surface area contributed by atoms with Crippen LogP contribution in [-0.4, -0.2) is 40.7 Å². The first-order valence-electron chi connectivity index (χ1n) is 9.45. The van der Waals surface area contributed by atoms with Gasteiger partial charge in [-0.2, -0.15) is 0 Å². The molecule has 0 atom stereocenters. The molecule has 1 saturated heterocycles. The number of nitrogens with zero attached hydrogens (tertiary/aromatic N) is 3. The van der Waals surface area contributed by atoms with E-state index in [4.69, 9.17) is 4.74 Å². The molecule has 1 fully saturated rings. The summed E-state index contributed by atoms with van der Waals surface area (Å²) < 4.78 is 7.35. The van der Waals surface area contributed by atoms with Crippen LogP contribution in [0.25, 0.3) is 11.0 Å². The third-order valence-corrected chi connectivity index (χ3v) is 5.43. The molecule has 27 heavy (non-hydrogen) atoms. The average molecular weight is 364 g/mol. The number of aryl methyl sites for hydroxylation is 1. The molecule has 1 amide bonds. The molecule has 4 rings (SSSR count). The molecule has 1 aliphatic rings. The van der Waals surface area contributed by atoms with E-state index in [2.05, 4.69) is 39.9 Å². The SMILES string of the molecule is O=C(CCn1nnc2ccccc21)NCC1(c2ccccc2)CCOCC1. The van der Waals surface area contributed by atoms with Gasteiger partial charge in [0.15, 0.2) is 0 Å². The van der Waals surface area contributed by atoms with Crippen molar-refractivity contribution in [3.63, 3.8) is 0 Å². The summed E-state index contributed by atoms with van der Waals surface area (Å²) >= 11 is 0. The largest absolute Gasteiger partial charge is 0.381 e. The standard InChI is InChI=1S/C21H24N4O2/c26-20(10-13-25-19-9-5-4-8-18(19)23-24-25)22-16-21(11-14-27-15-12-21)17-6-2-1-3-7-17/h1-9H,10-16H2,(H,22,26). The Morgan fingerprint density at radius 2 is 1.81 bits per heavy atom. The molecule has 0 unspecified atom stereocenters. The van der Waals surface area contributed by atoms with Gasteiger partial charge >= 0.3 is 0 Å². The summed E-state index contributed by atoms with van der Waals surface area (Å²) in [6.07, 6.45) is 2.23. The fourth-order valence-corrected chi connectivity index (χ4v) is 3.77. The number of amides is 1. The maximum absolute atomic E-state index is 12.5. The number of carbonyl (C=O) groups is 1. The van der Waals surface area contributed by atoms with Gasteiger partial charge in [-0.1, -0.05) is 47.7 Å². The van der Waals surface area contributed by atoms with Crippen molar-refractivity contribution in [2.45, 2.75) is 31.2 Å². The summed E-state index contributed by atoms with van der Waals surface area (Å²) in [4.78, 5) is 12.5. The van der Waals surface area contributed by atoms with Crippen LogP contribution in [-0.2, 0) is 21.5 Å². The van der Waals surface area contributed by atoms with Crippen LogP contribution in [0.15, 0.2) is 54.6 Å². The number of fused-ring (bicyclic) bond motifs is 1. The van der Waals surface area contributed by atoms with Crippen molar-refractivity contribution in [3.8, 4) is 0 Å². The highest BCUT2D eigenvalue weighted by molar-refractivity contribution is 5.77. The van der Waals surface area contributed by atoms with Gasteiger partial charge in [0.1, 0.15) is 5.52 Å². The number of benzene rings is 2. The summed E-state index contributed by atoms with van der Waals surface area (Å²) in [6, 6.07) is 18.2. The Labute approximate surface area is 158 Å². The van der Waals surface area contributed by atoms with Crippen LogP contribution in [0.3, 0.4) is 0 Å². The zero-order chi connectivity index (χ0) is 18.5. The molecule has 1 aromatic heterocycles. The van der Waals surface area contributed by atoms with Gasteiger partial charge in [-0.05, 0) is 30.5 Å². The molecule has 1 N–H and O–H groups in total. The molecule has 0 aliphatic carbocycles. The second-order valence-electron chi connectivity index (χ2n) is 7.09. The molecule has 0 radical (unpaired) electrons. The highest BCUT2D eigenvalue weighted by Gasteiger charge is 2.34. The van der Waals surface area contributed by atoms with E-state index in [1.165, 1.54) is 5.56 Å². The predicted octanol–water partition coefficient (Wildman–Crippen LogP) is 2.69. The van der Waals surface area contributed by atoms with Crippen molar-refractivity contribution in [3.05, 3.63) is 60.2 Å². The normalized spacial score (nSPS) is 16.3. The van der Waals surface area contributed by atoms with Gasteiger partial charge in [0, 0.05) is 31.6 Å². The van der Waals surface area contributed by atoms with E-state index in [9.17, 15) is 4.79 Å². The van der Waals surface area contributed by atoms with Crippen molar-refractivity contribution in [1.82, 2.24) is 20.3 Å². The molecule has 1 aliphatic heterocycles. The summed E-state index contributed by atoms with van der Waals surface area (Å²) in [6.45, 7) is 2.62. The lowest BCUT2D eigenvalue weighted by molar-refractivity contribution is -0.121. The van der Waals surface area contributed by atoms with Gasteiger partial charge in [0.05, 0.1) is 12.1 Å². The van der Waals surface area contributed by atoms with E-state index in [1.54, 1.807) is 4.68 Å². The molecule has 2 heterocycles. The summed E-state index contributed by atoms with van der Waals surface area (Å²) in [5.41, 5.74) is 3.03. The fourth-order valence-electron chi connectivity index (χ4n) is 3.77. The second kappa shape index (κ2) is 7.88. The number of hydrogen-bond acceptors (Lipinski definition) is 4. The summed E-state index contributed by atoms with van der Waals surface area (Å²) in [7, 11) is 0. The van der Waals surface area contributed by atoms with Crippen molar-refractivity contribution < 1.29 is 9.53 Å². The Balaban J connectivity index is 1.38. The average Bonchev–Trinajstić information content (AvgIpc) is 3.15. The van der Waals surface area contributed by atoms with Crippen LogP contribution in [0.1, 0.15) is 24.8 Å². The summed E-state index contributed by atoms with van der Waals surface area (Å²) in [5, 5.41) is 11.4. The predicted molar refractivity (Wildman–Crippen MR) is 103 cm³/mol. The molecule has 0 bridgehead atoms. The molecule has 140 valence electrons. The number of hydrogen-bond donors (Lipinski definition) is 1. The zero-order valence-electron chi connectivity index (χ0n) is 15.3. The number of rotatable bonds is 6. The molecule has 0 spiro atoms. The third-order valence-electron chi connectivity index (χ3n) is 5.43. The minimum absolute atomic E-state index is 0.0383. The molecular weight excluding hydrogens is 340 g/mol. The van der Waals surface area contributed by atoms with Crippen molar-refractivity contribution >= 4 is 16.9 Å². The van der Waals surface area contributed by atoms with Crippen molar-refractivity contribution in [2.24, 2.45) is 0 Å². The number of para-hydroxylation sites is 1. The minimum atomic E-state index is -0.0465. The Morgan fingerprint density at radius 3 is 2.63 bits per heavy atom. The van der Waals surface area contributed by atoms with Crippen LogP contribution in [0.2, 0.25) is 0 Å². The highest BCUT2D eigenvalue weighted by Crippen LogP contribution is 2.34. The number of ether oxygens (including phenoxy) is 1. The lowest BCUT2D eigenvalue weighted by Gasteiger charge is -2.38. The Hall–Kier alpha value is -2.73. The van der Waals surface area contributed by atoms with Gasteiger partial charge < -0.3 is 10.1 Å². The molecule has 0 saturated carbocycles. The van der Waals surface area contributed by atoms with Crippen LogP contribution in [0.5, 0.6) is 0 Å². The molecule has 6 heteroatoms. The maximum atomic E-state index is 12.5. The van der Waals surface area contributed by atoms with Gasteiger partial charge in [-0.15, -0.1) is 5.10 Å².